The highest BCUT2D eigenvalue weighted by molar-refractivity contribution is 5.98. The highest BCUT2D eigenvalue weighted by Gasteiger charge is 2.43. The Labute approximate surface area is 359 Å². The first-order valence-electron chi connectivity index (χ1n) is 21.0. The van der Waals surface area contributed by atoms with E-state index in [4.69, 9.17) is 28.4 Å². The summed E-state index contributed by atoms with van der Waals surface area (Å²) in [6, 6.07) is 6.67. The summed E-state index contributed by atoms with van der Waals surface area (Å²) in [6.07, 6.45) is 9.77. The lowest BCUT2D eigenvalue weighted by atomic mass is 9.97. The fraction of sp³-hybridized carbons (Fsp3) is 0.500. The van der Waals surface area contributed by atoms with Gasteiger partial charge in [0.05, 0.1) is 31.0 Å². The molecule has 0 aliphatic carbocycles. The van der Waals surface area contributed by atoms with Crippen LogP contribution in [0.1, 0.15) is 118 Å². The molecule has 0 aromatic heterocycles. The zero-order valence-corrected chi connectivity index (χ0v) is 36.7. The third-order valence-electron chi connectivity index (χ3n) is 10.6. The molecule has 0 amide bonds. The van der Waals surface area contributed by atoms with E-state index in [9.17, 15) is 34.5 Å². The van der Waals surface area contributed by atoms with Gasteiger partial charge in [-0.15, -0.1) is 0 Å². The highest BCUT2D eigenvalue weighted by atomic mass is 16.8. The molecule has 2 aromatic rings. The summed E-state index contributed by atoms with van der Waals surface area (Å²) in [6.45, 7) is 17.6. The van der Waals surface area contributed by atoms with E-state index in [0.29, 0.717) is 47.8 Å². The number of carbonyl (C=O) groups excluding carboxylic acids is 4. The number of rotatable bonds is 6. The van der Waals surface area contributed by atoms with E-state index in [0.717, 1.165) is 18.4 Å². The lowest BCUT2D eigenvalue weighted by Gasteiger charge is -2.21. The van der Waals surface area contributed by atoms with Crippen molar-refractivity contribution in [2.75, 3.05) is 13.2 Å². The number of fused-ring (bicyclic) bond motifs is 3. The number of carbonyl (C=O) groups is 4. The molecule has 3 heterocycles. The third kappa shape index (κ3) is 13.0. The number of ketones is 2. The minimum absolute atomic E-state index is 0.0376. The van der Waals surface area contributed by atoms with E-state index >= 15 is 0 Å². The molecule has 3 N–H and O–H groups in total. The van der Waals surface area contributed by atoms with Crippen LogP contribution >= 0.6 is 0 Å². The molecule has 61 heavy (non-hydrogen) atoms. The van der Waals surface area contributed by atoms with Gasteiger partial charge in [-0.2, -0.15) is 0 Å². The number of phenolic OH excluding ortho intramolecular Hbond substituents is 1. The topological polar surface area (TPSA) is 184 Å². The van der Waals surface area contributed by atoms with E-state index in [2.05, 4.69) is 0 Å². The molecular formula is C48H62O13. The van der Waals surface area contributed by atoms with Crippen LogP contribution in [0.3, 0.4) is 0 Å². The van der Waals surface area contributed by atoms with Gasteiger partial charge < -0.3 is 43.7 Å². The Kier molecular flexibility index (Phi) is 17.6. The molecule has 13 nitrogen and oxygen atoms in total. The van der Waals surface area contributed by atoms with Crippen LogP contribution in [0.15, 0.2) is 60.7 Å². The first kappa shape index (κ1) is 48.6. The second kappa shape index (κ2) is 22.1. The molecule has 0 unspecified atom stereocenters. The third-order valence-corrected chi connectivity index (χ3v) is 10.6. The number of hydrogen-bond acceptors (Lipinski definition) is 13. The number of aliphatic hydroxyl groups excluding tert-OH is 2. The van der Waals surface area contributed by atoms with Crippen LogP contribution in [0.25, 0.3) is 12.2 Å². The van der Waals surface area contributed by atoms with Crippen LogP contribution in [-0.2, 0) is 28.5 Å². The fourth-order valence-corrected chi connectivity index (χ4v) is 6.67. The molecule has 8 atom stereocenters. The maximum absolute atomic E-state index is 13.2. The zero-order chi connectivity index (χ0) is 45.0. The lowest BCUT2D eigenvalue weighted by Crippen LogP contribution is -2.32. The van der Waals surface area contributed by atoms with Crippen molar-refractivity contribution < 1.29 is 62.9 Å². The average molecular weight is 847 g/mol. The summed E-state index contributed by atoms with van der Waals surface area (Å²) in [5.41, 5.74) is 2.25. The number of aryl methyl sites for hydroxylation is 1. The quantitative estimate of drug-likeness (QED) is 0.241. The van der Waals surface area contributed by atoms with Crippen molar-refractivity contribution in [1.29, 1.82) is 0 Å². The van der Waals surface area contributed by atoms with Gasteiger partial charge in [0.25, 0.3) is 0 Å². The molecular weight excluding hydrogens is 785 g/mol. The van der Waals surface area contributed by atoms with E-state index in [1.165, 1.54) is 36.4 Å². The lowest BCUT2D eigenvalue weighted by molar-refractivity contribution is -0.152. The van der Waals surface area contributed by atoms with Gasteiger partial charge in [0.15, 0.2) is 17.4 Å². The van der Waals surface area contributed by atoms with Crippen molar-refractivity contribution in [3.8, 4) is 17.2 Å². The summed E-state index contributed by atoms with van der Waals surface area (Å²) in [7, 11) is 0. The van der Waals surface area contributed by atoms with Crippen molar-refractivity contribution in [3.63, 3.8) is 0 Å². The molecule has 1 saturated heterocycles. The van der Waals surface area contributed by atoms with Crippen LogP contribution in [0, 0.1) is 18.8 Å². The largest absolute Gasteiger partial charge is 0.507 e. The van der Waals surface area contributed by atoms with Crippen molar-refractivity contribution >= 4 is 35.7 Å². The molecule has 2 aromatic carbocycles. The Morgan fingerprint density at radius 3 is 1.77 bits per heavy atom. The van der Waals surface area contributed by atoms with Crippen LogP contribution in [0.4, 0.5) is 0 Å². The Balaban J connectivity index is 0.000000270. The summed E-state index contributed by atoms with van der Waals surface area (Å²) in [4.78, 5) is 50.9. The maximum atomic E-state index is 13.2. The van der Waals surface area contributed by atoms with Gasteiger partial charge in [-0.3, -0.25) is 9.59 Å². The van der Waals surface area contributed by atoms with Gasteiger partial charge in [-0.05, 0) is 96.2 Å². The number of hydrogen-bond donors (Lipinski definition) is 3. The zero-order valence-electron chi connectivity index (χ0n) is 36.7. The second-order valence-corrected chi connectivity index (χ2v) is 16.1. The average Bonchev–Trinajstić information content (AvgIpc) is 3.53. The molecule has 332 valence electrons. The van der Waals surface area contributed by atoms with E-state index < -0.39 is 60.1 Å². The first-order valence-corrected chi connectivity index (χ1v) is 21.0. The minimum Gasteiger partial charge on any atom is -0.507 e. The first-order chi connectivity index (χ1) is 28.9. The Morgan fingerprint density at radius 2 is 1.20 bits per heavy atom. The van der Waals surface area contributed by atoms with Crippen molar-refractivity contribution in [2.24, 2.45) is 11.8 Å². The van der Waals surface area contributed by atoms with Gasteiger partial charge in [0, 0.05) is 23.0 Å². The molecule has 13 heteroatoms. The van der Waals surface area contributed by atoms with Crippen LogP contribution in [0.2, 0.25) is 0 Å². The van der Waals surface area contributed by atoms with Crippen molar-refractivity contribution in [3.05, 3.63) is 88.5 Å². The summed E-state index contributed by atoms with van der Waals surface area (Å²) in [5.74, 6) is -2.48. The number of phenols is 1. The van der Waals surface area contributed by atoms with Gasteiger partial charge in [-0.25, -0.2) is 9.59 Å². The number of aromatic hydroxyl groups is 1. The SMILES string of the molecule is CCCOc1ccc(C)c2c1/C=C/C[C@@H]1OC(C)(C)O[C@@H]1C(=O)/C=C\[C@@H](C)[C@H](C)OC2=O.CCCOc1ccc(O)c2c1/C=C/C[C@H](O)[C@H](O)C(=O)/C=C\[C@@H](C)[C@H](C)OC2=O. The molecule has 5 rings (SSSR count). The molecule has 3 aliphatic heterocycles. The molecule has 0 spiro atoms. The summed E-state index contributed by atoms with van der Waals surface area (Å²) in [5, 5.41) is 30.5. The van der Waals surface area contributed by atoms with E-state index in [1.54, 1.807) is 39.8 Å². The minimum atomic E-state index is -1.57. The van der Waals surface area contributed by atoms with Gasteiger partial charge in [0.2, 0.25) is 0 Å². The Bertz CT molecular complexity index is 1990. The number of cyclic esters (lactones) is 2. The molecule has 0 bridgehead atoms. The second-order valence-electron chi connectivity index (χ2n) is 16.1. The predicted octanol–water partition coefficient (Wildman–Crippen LogP) is 7.65. The number of benzene rings is 2. The number of ether oxygens (including phenoxy) is 6. The van der Waals surface area contributed by atoms with Crippen LogP contribution in [-0.4, -0.2) is 94.4 Å². The van der Waals surface area contributed by atoms with E-state index in [1.807, 2.05) is 58.9 Å². The van der Waals surface area contributed by atoms with Gasteiger partial charge >= 0.3 is 11.9 Å². The predicted molar refractivity (Wildman–Crippen MR) is 230 cm³/mol. The van der Waals surface area contributed by atoms with Crippen molar-refractivity contribution in [2.45, 2.75) is 130 Å². The Hall–Kier alpha value is -5.08. The van der Waals surface area contributed by atoms with Crippen LogP contribution < -0.4 is 9.47 Å². The smallest absolute Gasteiger partial charge is 0.342 e. The molecule has 0 radical (unpaired) electrons. The molecule has 3 aliphatic rings. The monoisotopic (exact) mass is 846 g/mol. The highest BCUT2D eigenvalue weighted by Crippen LogP contribution is 2.35. The summed E-state index contributed by atoms with van der Waals surface area (Å²) < 4.78 is 34.8. The fourth-order valence-electron chi connectivity index (χ4n) is 6.67. The van der Waals surface area contributed by atoms with Crippen molar-refractivity contribution in [1.82, 2.24) is 0 Å². The molecule has 0 saturated carbocycles. The standard InChI is InChI=1S/C26H34O6.C22H28O7/c1-7-15-29-21-14-12-17(3)23-19(21)9-8-10-22-24(32-26(5,6)31-22)20(27)13-11-16(2)18(4)30-25(23)28;1-4-12-28-19-11-10-16(23)20-15(19)6-5-7-17(24)21(26)18(25)9-8-13(2)14(3)29-22(20)27/h8-9,11-14,16,18,22,24H,7,10,15H2,1-6H3;5-6,8-11,13-14,17,21,23-24,26H,4,7,12H2,1-3H3/b9-8+,13-11-;6-5+,9-8-/t16-,18+,22+,24-;13-,14+,17+,21+/m11/s1. The number of aliphatic hydroxyl groups is 2. The van der Waals surface area contributed by atoms with Gasteiger partial charge in [0.1, 0.15) is 47.2 Å². The maximum Gasteiger partial charge on any atom is 0.342 e. The van der Waals surface area contributed by atoms with Gasteiger partial charge in [-0.1, -0.05) is 70.2 Å². The number of esters is 2. The Morgan fingerprint density at radius 1 is 0.689 bits per heavy atom. The van der Waals surface area contributed by atoms with Crippen LogP contribution in [0.5, 0.6) is 17.2 Å². The normalized spacial score (nSPS) is 29.0. The summed E-state index contributed by atoms with van der Waals surface area (Å²) >= 11 is 0. The molecule has 1 fully saturated rings. The van der Waals surface area contributed by atoms with E-state index in [-0.39, 0.29) is 35.4 Å².